The molecule has 1 saturated carbocycles. The van der Waals surface area contributed by atoms with Crippen molar-refractivity contribution in [1.82, 2.24) is 19.5 Å². The summed E-state index contributed by atoms with van der Waals surface area (Å²) in [5.74, 6) is 0.899. The summed E-state index contributed by atoms with van der Waals surface area (Å²) < 4.78 is 52.2. The van der Waals surface area contributed by atoms with Crippen molar-refractivity contribution in [1.29, 1.82) is 0 Å². The number of aliphatic hydroxyl groups is 1. The highest BCUT2D eigenvalue weighted by atomic mass is 31.2. The van der Waals surface area contributed by atoms with Crippen LogP contribution in [-0.4, -0.2) is 62.2 Å². The number of nitrogens with zero attached hydrogens (tertiary/aromatic N) is 5. The van der Waals surface area contributed by atoms with Gasteiger partial charge in [-0.3, -0.25) is 9.09 Å². The maximum Gasteiger partial charge on any atom is 0.588 e. The van der Waals surface area contributed by atoms with E-state index in [0.717, 1.165) is 0 Å². The summed E-state index contributed by atoms with van der Waals surface area (Å²) in [5.41, 5.74) is 1.99. The lowest BCUT2D eigenvalue weighted by molar-refractivity contribution is -0.112. The zero-order valence-electron chi connectivity index (χ0n) is 17.7. The van der Waals surface area contributed by atoms with Gasteiger partial charge in [-0.05, 0) is 19.1 Å². The van der Waals surface area contributed by atoms with Gasteiger partial charge in [0.15, 0.2) is 46.0 Å². The molecule has 3 aliphatic rings. The van der Waals surface area contributed by atoms with Crippen molar-refractivity contribution in [2.75, 3.05) is 24.7 Å². The number of hydrogen-bond donors (Lipinski definition) is 2. The van der Waals surface area contributed by atoms with Crippen LogP contribution in [0.25, 0.3) is 11.2 Å². The molecule has 5 atom stereocenters. The number of halogens is 1. The fourth-order valence-electron chi connectivity index (χ4n) is 4.42. The topological polar surface area (TPSA) is 147 Å². The van der Waals surface area contributed by atoms with Gasteiger partial charge in [0.05, 0.1) is 6.33 Å². The minimum Gasteiger partial charge on any atom is -0.391 e. The number of alkyl halides is 1. The van der Waals surface area contributed by atoms with E-state index in [1.165, 1.54) is 17.8 Å². The molecule has 2 aromatic heterocycles. The summed E-state index contributed by atoms with van der Waals surface area (Å²) in [7, 11) is -0.585. The van der Waals surface area contributed by atoms with E-state index in [1.807, 2.05) is 0 Å². The Morgan fingerprint density at radius 2 is 1.94 bits per heavy atom. The molecule has 2 aliphatic heterocycles. The predicted octanol–water partition coefficient (Wildman–Crippen LogP) is 1.81. The lowest BCUT2D eigenvalue weighted by Crippen LogP contribution is -2.45. The van der Waals surface area contributed by atoms with E-state index < -0.39 is 37.5 Å². The van der Waals surface area contributed by atoms with Crippen molar-refractivity contribution in [3.05, 3.63) is 30.6 Å². The Morgan fingerprint density at radius 3 is 2.52 bits per heavy atom. The van der Waals surface area contributed by atoms with Crippen LogP contribution in [0.2, 0.25) is 0 Å². The number of benzene rings is 1. The molecule has 0 spiro atoms. The number of phosphoric ester groups is 1. The maximum atomic E-state index is 16.1. The number of rotatable bonds is 4. The van der Waals surface area contributed by atoms with Gasteiger partial charge in [-0.2, -0.15) is 9.97 Å². The number of nitrogen functional groups attached to an aromatic ring is 1. The molecule has 1 aromatic carbocycles. The van der Waals surface area contributed by atoms with Gasteiger partial charge in [-0.1, -0.05) is 12.1 Å². The number of phosphoric acid groups is 1. The highest BCUT2D eigenvalue weighted by Gasteiger charge is 2.85. The number of hydrogen-bond acceptors (Lipinski definition) is 11. The zero-order valence-corrected chi connectivity index (χ0v) is 18.6. The molecule has 0 bridgehead atoms. The molecule has 14 heteroatoms. The SMILES string of the molecule is CN(C)c1nc(N)nc2c1ncn2[C@@H]1O[C@@H]2C(OP3(=O)Oc4ccccc4O3)[C@]2(O)[C@@]1(C)F. The van der Waals surface area contributed by atoms with Crippen molar-refractivity contribution in [2.45, 2.75) is 36.6 Å². The number of para-hydroxylation sites is 2. The van der Waals surface area contributed by atoms with E-state index in [-0.39, 0.29) is 23.1 Å². The first kappa shape index (κ1) is 20.6. The molecule has 33 heavy (non-hydrogen) atoms. The van der Waals surface area contributed by atoms with Gasteiger partial charge in [-0.15, -0.1) is 0 Å². The van der Waals surface area contributed by atoms with Gasteiger partial charge in [-0.25, -0.2) is 13.9 Å². The van der Waals surface area contributed by atoms with Crippen LogP contribution in [0.1, 0.15) is 13.2 Å². The van der Waals surface area contributed by atoms with Gasteiger partial charge in [0.1, 0.15) is 12.2 Å². The van der Waals surface area contributed by atoms with Crippen LogP contribution >= 0.6 is 7.82 Å². The molecular formula is C19H20FN6O6P. The monoisotopic (exact) mass is 478 g/mol. The second kappa shape index (κ2) is 6.32. The number of aromatic nitrogens is 4. The van der Waals surface area contributed by atoms with Crippen molar-refractivity contribution in [2.24, 2.45) is 0 Å². The van der Waals surface area contributed by atoms with E-state index in [9.17, 15) is 9.67 Å². The minimum absolute atomic E-state index is 0.0233. The first-order valence-corrected chi connectivity index (χ1v) is 11.5. The fourth-order valence-corrected chi connectivity index (χ4v) is 5.87. The number of nitrogens with two attached hydrogens (primary N) is 1. The maximum absolute atomic E-state index is 16.1. The summed E-state index contributed by atoms with van der Waals surface area (Å²) in [6, 6.07) is 6.48. The molecule has 0 radical (unpaired) electrons. The Bertz CT molecular complexity index is 1320. The van der Waals surface area contributed by atoms with Crippen LogP contribution in [0.15, 0.2) is 30.6 Å². The Balaban J connectivity index is 1.29. The van der Waals surface area contributed by atoms with E-state index >= 15 is 4.39 Å². The highest BCUT2D eigenvalue weighted by Crippen LogP contribution is 2.69. The van der Waals surface area contributed by atoms with Gasteiger partial charge in [0.25, 0.3) is 0 Å². The largest absolute Gasteiger partial charge is 0.588 e. The van der Waals surface area contributed by atoms with Gasteiger partial charge >= 0.3 is 7.82 Å². The predicted molar refractivity (Wildman–Crippen MR) is 113 cm³/mol. The quantitative estimate of drug-likeness (QED) is 0.529. The molecule has 2 fully saturated rings. The molecule has 1 aliphatic carbocycles. The minimum atomic E-state index is -4.11. The third-order valence-corrected chi connectivity index (χ3v) is 7.49. The molecule has 0 amide bonds. The van der Waals surface area contributed by atoms with Gasteiger partial charge < -0.3 is 29.5 Å². The van der Waals surface area contributed by atoms with E-state index in [1.54, 1.807) is 43.3 Å². The van der Waals surface area contributed by atoms with E-state index in [4.69, 9.17) is 24.0 Å². The molecule has 6 rings (SSSR count). The average Bonchev–Trinajstić information content (AvgIpc) is 3.06. The van der Waals surface area contributed by atoms with Crippen LogP contribution in [0.5, 0.6) is 11.5 Å². The van der Waals surface area contributed by atoms with Crippen molar-refractivity contribution in [3.8, 4) is 11.5 Å². The molecule has 1 saturated heterocycles. The van der Waals surface area contributed by atoms with Crippen LogP contribution in [0.3, 0.4) is 0 Å². The zero-order chi connectivity index (χ0) is 23.3. The van der Waals surface area contributed by atoms with Crippen LogP contribution in [0.4, 0.5) is 16.2 Å². The number of fused-ring (bicyclic) bond motifs is 3. The van der Waals surface area contributed by atoms with Crippen molar-refractivity contribution < 1.29 is 32.4 Å². The van der Waals surface area contributed by atoms with E-state index in [2.05, 4.69) is 15.0 Å². The molecule has 1 unspecified atom stereocenters. The number of imidazole rings is 1. The first-order valence-electron chi connectivity index (χ1n) is 10.1. The third-order valence-electron chi connectivity index (χ3n) is 6.16. The standard InChI is InChI=1S/C19H20FN6O6P/c1-18(20)16(26-8-22-11-14(25(2)3)23-17(21)24-15(11)26)29-12-13(19(12,18)27)32-33(28)30-9-6-4-5-7-10(9)31-33/h4-8,12-13,16,27H,1-3H3,(H2,21,23,24)/t12-,13?,16-,18+,19+/m1/s1. The Kier molecular flexibility index (Phi) is 3.95. The molecule has 12 nitrogen and oxygen atoms in total. The number of ether oxygens (including phenoxy) is 1. The normalized spacial score (nSPS) is 33.3. The smallest absolute Gasteiger partial charge is 0.391 e. The van der Waals surface area contributed by atoms with Gasteiger partial charge in [0.2, 0.25) is 5.95 Å². The lowest BCUT2D eigenvalue weighted by atomic mass is 9.97. The second-order valence-corrected chi connectivity index (χ2v) is 10.0. The first-order chi connectivity index (χ1) is 15.5. The van der Waals surface area contributed by atoms with Crippen molar-refractivity contribution >= 4 is 30.8 Å². The fraction of sp³-hybridized carbons (Fsp3) is 0.421. The van der Waals surface area contributed by atoms with E-state index in [0.29, 0.717) is 11.3 Å². The van der Waals surface area contributed by atoms with Gasteiger partial charge in [0, 0.05) is 14.1 Å². The summed E-state index contributed by atoms with van der Waals surface area (Å²) >= 11 is 0. The summed E-state index contributed by atoms with van der Waals surface area (Å²) in [4.78, 5) is 14.3. The van der Waals surface area contributed by atoms with Crippen LogP contribution in [0, 0.1) is 0 Å². The second-order valence-electron chi connectivity index (χ2n) is 8.54. The molecule has 174 valence electrons. The average molecular weight is 478 g/mol. The van der Waals surface area contributed by atoms with Crippen LogP contribution in [-0.2, 0) is 13.8 Å². The Hall–Kier alpha value is -2.99. The summed E-state index contributed by atoms with van der Waals surface area (Å²) in [6.45, 7) is 1.17. The Labute approximate surface area is 186 Å². The summed E-state index contributed by atoms with van der Waals surface area (Å²) in [5, 5.41) is 11.1. The van der Waals surface area contributed by atoms with Crippen molar-refractivity contribution in [3.63, 3.8) is 0 Å². The lowest BCUT2D eigenvalue weighted by Gasteiger charge is -2.30. The summed E-state index contributed by atoms with van der Waals surface area (Å²) in [6.07, 6.45) is -2.34. The third kappa shape index (κ3) is 2.67. The molecular weight excluding hydrogens is 458 g/mol. The highest BCUT2D eigenvalue weighted by molar-refractivity contribution is 7.49. The molecule has 3 N–H and O–H groups in total. The number of anilines is 2. The molecule has 4 heterocycles. The van der Waals surface area contributed by atoms with Crippen LogP contribution < -0.4 is 19.7 Å². The molecule has 3 aromatic rings. The Morgan fingerprint density at radius 1 is 1.27 bits per heavy atom.